The number of alkyl halides is 5. The number of pyridine rings is 1. The van der Waals surface area contributed by atoms with Gasteiger partial charge in [-0.05, 0) is 36.4 Å². The number of hydrogen-bond donors (Lipinski definition) is 2. The number of aromatic nitrogens is 1. The number of amides is 2. The largest absolute Gasteiger partial charge is 0.573 e. The number of carbonyl (C=O) groups is 2. The van der Waals surface area contributed by atoms with Crippen LogP contribution in [-0.2, 0) is 0 Å². The van der Waals surface area contributed by atoms with Crippen LogP contribution in [0.1, 0.15) is 25.0 Å². The molecule has 0 spiro atoms. The van der Waals surface area contributed by atoms with Crippen molar-refractivity contribution in [3.8, 4) is 28.7 Å². The molecule has 3 rings (SSSR count). The summed E-state index contributed by atoms with van der Waals surface area (Å²) in [5, 5.41) is 2.18. The first-order valence-corrected chi connectivity index (χ1v) is 9.63. The number of rotatable bonds is 9. The summed E-state index contributed by atoms with van der Waals surface area (Å²) < 4.78 is 118. The quantitative estimate of drug-likeness (QED) is 0.376. The molecule has 2 amide bonds. The highest BCUT2D eigenvalue weighted by molar-refractivity contribution is 6.07. The average molecular weight is 534 g/mol. The standard InChI is InChI=1S/C22H15F6N3O6/c1-34-16-8-11(37-22(26,27)28)3-5-13(16)35-14-6-7-15(36-21(24)25)18(23)17(14)20(33)31-10-2-4-12(19(29)32)30-9-10/h2-9,21H,1H3,(H2,29,32)(H,31,33)/i1D3. The van der Waals surface area contributed by atoms with Gasteiger partial charge in [0.1, 0.15) is 22.8 Å². The molecule has 0 bridgehead atoms. The molecule has 0 saturated carbocycles. The number of ether oxygens (including phenoxy) is 4. The Kier molecular flexibility index (Phi) is 6.72. The number of nitrogens with two attached hydrogens (primary N) is 1. The first-order chi connectivity index (χ1) is 18.5. The van der Waals surface area contributed by atoms with E-state index in [-0.39, 0.29) is 11.4 Å². The van der Waals surface area contributed by atoms with Crippen molar-refractivity contribution in [1.29, 1.82) is 0 Å². The Morgan fingerprint density at radius 1 is 1.05 bits per heavy atom. The van der Waals surface area contributed by atoms with Gasteiger partial charge in [0, 0.05) is 6.07 Å². The lowest BCUT2D eigenvalue weighted by molar-refractivity contribution is -0.274. The van der Waals surface area contributed by atoms with Gasteiger partial charge in [-0.15, -0.1) is 13.2 Å². The third-order valence-electron chi connectivity index (χ3n) is 4.26. The fourth-order valence-electron chi connectivity index (χ4n) is 2.80. The van der Waals surface area contributed by atoms with Crippen LogP contribution in [0.5, 0.6) is 28.7 Å². The van der Waals surface area contributed by atoms with E-state index in [1.165, 1.54) is 0 Å². The van der Waals surface area contributed by atoms with E-state index in [1.54, 1.807) is 0 Å². The highest BCUT2D eigenvalue weighted by Crippen LogP contribution is 2.39. The first-order valence-electron chi connectivity index (χ1n) is 11.1. The molecule has 9 nitrogen and oxygen atoms in total. The van der Waals surface area contributed by atoms with E-state index in [4.69, 9.17) is 14.6 Å². The van der Waals surface area contributed by atoms with Gasteiger partial charge >= 0.3 is 13.0 Å². The molecule has 196 valence electrons. The van der Waals surface area contributed by atoms with Gasteiger partial charge in [-0.3, -0.25) is 9.59 Å². The topological polar surface area (TPSA) is 122 Å². The van der Waals surface area contributed by atoms with Crippen molar-refractivity contribution in [1.82, 2.24) is 4.98 Å². The molecule has 0 aliphatic heterocycles. The molecule has 0 aliphatic rings. The minimum absolute atomic E-state index is 0.111. The molecule has 2 aromatic carbocycles. The third kappa shape index (κ3) is 6.93. The Hall–Kier alpha value is -4.69. The van der Waals surface area contributed by atoms with Gasteiger partial charge < -0.3 is 30.0 Å². The zero-order valence-corrected chi connectivity index (χ0v) is 17.9. The van der Waals surface area contributed by atoms with E-state index in [0.717, 1.165) is 30.5 Å². The van der Waals surface area contributed by atoms with Crippen LogP contribution in [0.3, 0.4) is 0 Å². The van der Waals surface area contributed by atoms with Crippen molar-refractivity contribution in [3.63, 3.8) is 0 Å². The zero-order valence-electron chi connectivity index (χ0n) is 20.9. The summed E-state index contributed by atoms with van der Waals surface area (Å²) >= 11 is 0. The molecule has 15 heteroatoms. The second-order valence-corrected chi connectivity index (χ2v) is 6.74. The SMILES string of the molecule is [2H]C([2H])([2H])Oc1cc(OC(F)(F)F)ccc1Oc1ccc(OC(F)F)c(F)c1C(=O)Nc1ccc(C(N)=O)nc1. The van der Waals surface area contributed by atoms with Crippen LogP contribution >= 0.6 is 0 Å². The molecule has 0 saturated heterocycles. The molecule has 37 heavy (non-hydrogen) atoms. The fourth-order valence-corrected chi connectivity index (χ4v) is 2.80. The van der Waals surface area contributed by atoms with Gasteiger partial charge in [0.25, 0.3) is 11.8 Å². The second kappa shape index (κ2) is 10.9. The maximum atomic E-state index is 15.2. The Morgan fingerprint density at radius 2 is 1.76 bits per heavy atom. The molecule has 0 atom stereocenters. The Labute approximate surface area is 207 Å². The molecule has 3 N–H and O–H groups in total. The predicted octanol–water partition coefficient (Wildman–Crippen LogP) is 4.87. The molecule has 0 radical (unpaired) electrons. The van der Waals surface area contributed by atoms with Gasteiger partial charge in [-0.2, -0.15) is 8.78 Å². The summed E-state index contributed by atoms with van der Waals surface area (Å²) in [4.78, 5) is 27.8. The van der Waals surface area contributed by atoms with E-state index >= 15 is 4.39 Å². The predicted molar refractivity (Wildman–Crippen MR) is 113 cm³/mol. The van der Waals surface area contributed by atoms with E-state index in [1.807, 2.05) is 0 Å². The summed E-state index contributed by atoms with van der Waals surface area (Å²) in [5.41, 5.74) is 3.74. The molecular formula is C22H15F6N3O6. The highest BCUT2D eigenvalue weighted by Gasteiger charge is 2.32. The lowest BCUT2D eigenvalue weighted by Crippen LogP contribution is -2.18. The van der Waals surface area contributed by atoms with Gasteiger partial charge in [0.05, 0.1) is 23.0 Å². The molecular weight excluding hydrogens is 516 g/mol. The average Bonchev–Trinajstić information content (AvgIpc) is 2.80. The summed E-state index contributed by atoms with van der Waals surface area (Å²) in [6, 6.07) is 5.69. The number of methoxy groups -OCH3 is 1. The molecule has 0 fully saturated rings. The number of nitrogens with one attached hydrogen (secondary N) is 1. The monoisotopic (exact) mass is 534 g/mol. The third-order valence-corrected chi connectivity index (χ3v) is 4.26. The fraction of sp³-hybridized carbons (Fsp3) is 0.136. The Balaban J connectivity index is 2.05. The lowest BCUT2D eigenvalue weighted by atomic mass is 10.1. The normalized spacial score (nSPS) is 12.7. The van der Waals surface area contributed by atoms with E-state index < -0.39 is 72.0 Å². The van der Waals surface area contributed by atoms with E-state index in [0.29, 0.717) is 18.2 Å². The minimum atomic E-state index is -5.15. The molecule has 0 aliphatic carbocycles. The van der Waals surface area contributed by atoms with Crippen LogP contribution in [0.25, 0.3) is 0 Å². The van der Waals surface area contributed by atoms with Crippen LogP contribution in [-0.4, -0.2) is 36.8 Å². The number of hydrogen-bond acceptors (Lipinski definition) is 7. The Morgan fingerprint density at radius 3 is 2.35 bits per heavy atom. The number of halogens is 6. The van der Waals surface area contributed by atoms with Crippen LogP contribution in [0.2, 0.25) is 0 Å². The van der Waals surface area contributed by atoms with Crippen molar-refractivity contribution < 1.29 is 59.0 Å². The number of benzene rings is 2. The van der Waals surface area contributed by atoms with Crippen molar-refractivity contribution in [2.24, 2.45) is 5.73 Å². The van der Waals surface area contributed by atoms with E-state index in [9.17, 15) is 31.5 Å². The van der Waals surface area contributed by atoms with Crippen molar-refractivity contribution in [2.45, 2.75) is 13.0 Å². The maximum absolute atomic E-state index is 15.2. The van der Waals surface area contributed by atoms with Crippen LogP contribution < -0.4 is 30.0 Å². The van der Waals surface area contributed by atoms with Gasteiger partial charge in [-0.25, -0.2) is 9.37 Å². The highest BCUT2D eigenvalue weighted by atomic mass is 19.4. The first kappa shape index (κ1) is 22.8. The molecule has 1 heterocycles. The minimum Gasteiger partial charge on any atom is -0.493 e. The van der Waals surface area contributed by atoms with Gasteiger partial charge in [-0.1, -0.05) is 0 Å². The lowest BCUT2D eigenvalue weighted by Gasteiger charge is -2.17. The van der Waals surface area contributed by atoms with Gasteiger partial charge in [0.2, 0.25) is 0 Å². The van der Waals surface area contributed by atoms with Crippen LogP contribution in [0.4, 0.5) is 32.0 Å². The summed E-state index contributed by atoms with van der Waals surface area (Å²) in [6.45, 7) is -3.50. The molecule has 1 aromatic heterocycles. The Bertz CT molecular complexity index is 1400. The van der Waals surface area contributed by atoms with E-state index in [2.05, 4.69) is 24.5 Å². The van der Waals surface area contributed by atoms with Crippen molar-refractivity contribution in [3.05, 3.63) is 65.7 Å². The number of carbonyl (C=O) groups excluding carboxylic acids is 2. The second-order valence-electron chi connectivity index (χ2n) is 6.74. The summed E-state index contributed by atoms with van der Waals surface area (Å²) in [6.07, 6.45) is -4.18. The number of primary amides is 1. The van der Waals surface area contributed by atoms with Crippen molar-refractivity contribution in [2.75, 3.05) is 12.4 Å². The number of nitrogens with zero attached hydrogens (tertiary/aromatic N) is 1. The summed E-state index contributed by atoms with van der Waals surface area (Å²) in [7, 11) is -3.21. The van der Waals surface area contributed by atoms with Gasteiger partial charge in [0.15, 0.2) is 23.1 Å². The smallest absolute Gasteiger partial charge is 0.493 e. The van der Waals surface area contributed by atoms with Crippen molar-refractivity contribution >= 4 is 17.5 Å². The number of anilines is 1. The van der Waals surface area contributed by atoms with Crippen LogP contribution in [0, 0.1) is 5.82 Å². The van der Waals surface area contributed by atoms with Crippen LogP contribution in [0.15, 0.2) is 48.7 Å². The maximum Gasteiger partial charge on any atom is 0.573 e. The molecule has 0 unspecified atom stereocenters. The molecule has 3 aromatic rings. The zero-order chi connectivity index (χ0) is 29.8. The summed E-state index contributed by atoms with van der Waals surface area (Å²) in [5.74, 6) is -8.04.